The molecule has 13 heteroatoms. The molecule has 0 radical (unpaired) electrons. The average molecular weight is 705 g/mol. The standard InChI is InChI=1S/C35H33ClN4O6S2/c1-27-12-14-29(15-13-27)24-39(48(44,45)34-20-16-30(36)17-21-34)25-32-19-18-31(46-32)22-37-38-35(41)26-40(23-28-8-4-2-5-9-28)47(42,43)33-10-6-3-7-11-33/h2-22H,23-26H2,1H3,(H,38,41)/b37-22-. The van der Waals surface area contributed by atoms with Crippen molar-refractivity contribution in [3.05, 3.63) is 155 Å². The van der Waals surface area contributed by atoms with Gasteiger partial charge in [0.15, 0.2) is 0 Å². The Morgan fingerprint density at radius 3 is 1.94 bits per heavy atom. The van der Waals surface area contributed by atoms with Gasteiger partial charge in [-0.1, -0.05) is 90.0 Å². The van der Waals surface area contributed by atoms with Crippen LogP contribution < -0.4 is 5.43 Å². The van der Waals surface area contributed by atoms with Gasteiger partial charge in [0.05, 0.1) is 29.1 Å². The van der Waals surface area contributed by atoms with E-state index in [-0.39, 0.29) is 35.2 Å². The van der Waals surface area contributed by atoms with Crippen LogP contribution in [0.3, 0.4) is 0 Å². The third-order valence-electron chi connectivity index (χ3n) is 7.23. The van der Waals surface area contributed by atoms with E-state index in [2.05, 4.69) is 10.5 Å². The number of hydrogen-bond donors (Lipinski definition) is 1. The average Bonchev–Trinajstić information content (AvgIpc) is 3.53. The highest BCUT2D eigenvalue weighted by Gasteiger charge is 2.28. The number of nitrogens with zero attached hydrogens (tertiary/aromatic N) is 3. The van der Waals surface area contributed by atoms with Crippen molar-refractivity contribution in [3.63, 3.8) is 0 Å². The van der Waals surface area contributed by atoms with Crippen LogP contribution in [0.2, 0.25) is 5.02 Å². The number of amides is 1. The summed E-state index contributed by atoms with van der Waals surface area (Å²) in [5, 5.41) is 4.36. The Bertz CT molecular complexity index is 2070. The molecular weight excluding hydrogens is 672 g/mol. The van der Waals surface area contributed by atoms with E-state index in [9.17, 15) is 21.6 Å². The largest absolute Gasteiger partial charge is 0.459 e. The van der Waals surface area contributed by atoms with Crippen molar-refractivity contribution in [3.8, 4) is 0 Å². The molecule has 248 valence electrons. The minimum absolute atomic E-state index is 0.0191. The van der Waals surface area contributed by atoms with Crippen LogP contribution in [0.15, 0.2) is 141 Å². The van der Waals surface area contributed by atoms with Crippen LogP contribution in [0.4, 0.5) is 0 Å². The van der Waals surface area contributed by atoms with Crippen LogP contribution in [-0.4, -0.2) is 44.1 Å². The van der Waals surface area contributed by atoms with E-state index in [0.29, 0.717) is 16.3 Å². The monoisotopic (exact) mass is 704 g/mol. The molecule has 48 heavy (non-hydrogen) atoms. The number of benzene rings is 4. The molecule has 0 bridgehead atoms. The van der Waals surface area contributed by atoms with Crippen molar-refractivity contribution in [2.45, 2.75) is 36.3 Å². The van der Waals surface area contributed by atoms with Crippen LogP contribution in [0.25, 0.3) is 0 Å². The van der Waals surface area contributed by atoms with Crippen molar-refractivity contribution < 1.29 is 26.0 Å². The summed E-state index contributed by atoms with van der Waals surface area (Å²) in [6, 6.07) is 33.6. The van der Waals surface area contributed by atoms with Crippen LogP contribution in [0.1, 0.15) is 28.2 Å². The molecule has 1 amide bonds. The molecule has 0 aliphatic heterocycles. The van der Waals surface area contributed by atoms with Gasteiger partial charge in [0.1, 0.15) is 11.5 Å². The number of aryl methyl sites for hydroxylation is 1. The highest BCUT2D eigenvalue weighted by molar-refractivity contribution is 7.89. The fraction of sp³-hybridized carbons (Fsp3) is 0.143. The molecule has 0 aliphatic carbocycles. The maximum absolute atomic E-state index is 13.7. The van der Waals surface area contributed by atoms with Gasteiger partial charge in [-0.15, -0.1) is 0 Å². The van der Waals surface area contributed by atoms with Crippen LogP contribution >= 0.6 is 11.6 Å². The number of carbonyl (C=O) groups is 1. The first-order chi connectivity index (χ1) is 23.0. The van der Waals surface area contributed by atoms with Gasteiger partial charge in [0.2, 0.25) is 20.0 Å². The molecule has 1 aromatic heterocycles. The quantitative estimate of drug-likeness (QED) is 0.112. The van der Waals surface area contributed by atoms with Crippen molar-refractivity contribution in [2.24, 2.45) is 5.10 Å². The maximum Gasteiger partial charge on any atom is 0.255 e. The van der Waals surface area contributed by atoms with Gasteiger partial charge in [0, 0.05) is 18.1 Å². The Morgan fingerprint density at radius 1 is 0.708 bits per heavy atom. The van der Waals surface area contributed by atoms with E-state index in [4.69, 9.17) is 16.0 Å². The second-order valence-electron chi connectivity index (χ2n) is 10.9. The first-order valence-corrected chi connectivity index (χ1v) is 18.1. The van der Waals surface area contributed by atoms with Gasteiger partial charge in [-0.3, -0.25) is 4.79 Å². The number of rotatable bonds is 14. The van der Waals surface area contributed by atoms with E-state index < -0.39 is 32.5 Å². The predicted octanol–water partition coefficient (Wildman–Crippen LogP) is 5.97. The predicted molar refractivity (Wildman–Crippen MR) is 184 cm³/mol. The summed E-state index contributed by atoms with van der Waals surface area (Å²) < 4.78 is 62.3. The van der Waals surface area contributed by atoms with E-state index in [1.54, 1.807) is 54.6 Å². The van der Waals surface area contributed by atoms with E-state index in [0.717, 1.165) is 15.4 Å². The number of sulfonamides is 2. The molecule has 0 aliphatic rings. The summed E-state index contributed by atoms with van der Waals surface area (Å²) >= 11 is 5.99. The SMILES string of the molecule is Cc1ccc(CN(Cc2ccc(/C=N\NC(=O)CN(Cc3ccccc3)S(=O)(=O)c3ccccc3)o2)S(=O)(=O)c2ccc(Cl)cc2)cc1. The van der Waals surface area contributed by atoms with Gasteiger partial charge in [0.25, 0.3) is 5.91 Å². The lowest BCUT2D eigenvalue weighted by molar-refractivity contribution is -0.121. The van der Waals surface area contributed by atoms with Gasteiger partial charge < -0.3 is 4.42 Å². The highest BCUT2D eigenvalue weighted by Crippen LogP contribution is 2.24. The molecule has 0 spiro atoms. The van der Waals surface area contributed by atoms with Crippen LogP contribution in [0, 0.1) is 6.92 Å². The Kier molecular flexibility index (Phi) is 11.2. The molecule has 5 rings (SSSR count). The Hall–Kier alpha value is -4.59. The van der Waals surface area contributed by atoms with Crippen LogP contribution in [-0.2, 0) is 44.5 Å². The number of hydrazone groups is 1. The lowest BCUT2D eigenvalue weighted by atomic mass is 10.1. The number of hydrogen-bond acceptors (Lipinski definition) is 7. The fourth-order valence-electron chi connectivity index (χ4n) is 4.72. The van der Waals surface area contributed by atoms with Crippen molar-refractivity contribution in [1.82, 2.24) is 14.0 Å². The second-order valence-corrected chi connectivity index (χ2v) is 15.2. The lowest BCUT2D eigenvalue weighted by Gasteiger charge is -2.21. The number of carbonyl (C=O) groups excluding carboxylic acids is 1. The summed E-state index contributed by atoms with van der Waals surface area (Å²) in [7, 11) is -7.94. The summed E-state index contributed by atoms with van der Waals surface area (Å²) in [6.45, 7) is 1.47. The molecule has 4 aromatic carbocycles. The minimum atomic E-state index is -4.00. The Morgan fingerprint density at radius 2 is 1.27 bits per heavy atom. The van der Waals surface area contributed by atoms with Gasteiger partial charge >= 0.3 is 0 Å². The first kappa shape index (κ1) is 34.7. The molecule has 0 fully saturated rings. The van der Waals surface area contributed by atoms with Crippen LogP contribution in [0.5, 0.6) is 0 Å². The maximum atomic E-state index is 13.7. The number of halogens is 1. The zero-order chi connectivity index (χ0) is 34.1. The molecule has 0 saturated heterocycles. The molecule has 1 heterocycles. The Balaban J connectivity index is 1.28. The summed E-state index contributed by atoms with van der Waals surface area (Å²) in [5.41, 5.74) is 4.92. The molecule has 0 unspecified atom stereocenters. The number of nitrogens with one attached hydrogen (secondary N) is 1. The summed E-state index contributed by atoms with van der Waals surface area (Å²) in [4.78, 5) is 13.0. The normalized spacial score (nSPS) is 12.2. The molecule has 1 N–H and O–H groups in total. The molecular formula is C35H33ClN4O6S2. The van der Waals surface area contributed by atoms with Gasteiger partial charge in [-0.25, -0.2) is 22.3 Å². The second kappa shape index (κ2) is 15.5. The van der Waals surface area contributed by atoms with Gasteiger partial charge in [-0.05, 0) is 66.6 Å². The molecule has 5 aromatic rings. The Labute approximate surface area is 285 Å². The van der Waals surface area contributed by atoms with Gasteiger partial charge in [-0.2, -0.15) is 13.7 Å². The number of furan rings is 1. The van der Waals surface area contributed by atoms with E-state index in [1.807, 2.05) is 37.3 Å². The summed E-state index contributed by atoms with van der Waals surface area (Å²) in [5.74, 6) is -0.0651. The van der Waals surface area contributed by atoms with E-state index in [1.165, 1.54) is 46.9 Å². The summed E-state index contributed by atoms with van der Waals surface area (Å²) in [6.07, 6.45) is 1.26. The van der Waals surface area contributed by atoms with Crippen molar-refractivity contribution in [2.75, 3.05) is 6.54 Å². The third-order valence-corrected chi connectivity index (χ3v) is 11.1. The highest BCUT2D eigenvalue weighted by atomic mass is 35.5. The lowest BCUT2D eigenvalue weighted by Crippen LogP contribution is -2.39. The molecule has 0 saturated carbocycles. The topological polar surface area (TPSA) is 129 Å². The van der Waals surface area contributed by atoms with Crippen molar-refractivity contribution in [1.29, 1.82) is 0 Å². The van der Waals surface area contributed by atoms with E-state index >= 15 is 0 Å². The third kappa shape index (κ3) is 9.06. The van der Waals surface area contributed by atoms with Crippen molar-refractivity contribution >= 4 is 43.8 Å². The smallest absolute Gasteiger partial charge is 0.255 e. The zero-order valence-corrected chi connectivity index (χ0v) is 28.3. The molecule has 10 nitrogen and oxygen atoms in total. The zero-order valence-electron chi connectivity index (χ0n) is 25.9. The first-order valence-electron chi connectivity index (χ1n) is 14.8. The molecule has 0 atom stereocenters. The minimum Gasteiger partial charge on any atom is -0.459 e. The fourth-order valence-corrected chi connectivity index (χ4v) is 7.65.